The van der Waals surface area contributed by atoms with E-state index in [0.717, 1.165) is 18.4 Å². The van der Waals surface area contributed by atoms with Crippen molar-refractivity contribution in [1.82, 2.24) is 5.32 Å². The van der Waals surface area contributed by atoms with E-state index in [2.05, 4.69) is 60.1 Å². The van der Waals surface area contributed by atoms with Gasteiger partial charge in [0, 0.05) is 4.88 Å². The number of hydrogen-bond donors (Lipinski definition) is 1. The van der Waals surface area contributed by atoms with Gasteiger partial charge in [-0.3, -0.25) is 0 Å². The van der Waals surface area contributed by atoms with Gasteiger partial charge in [-0.25, -0.2) is 0 Å². The van der Waals surface area contributed by atoms with Crippen LogP contribution in [0.2, 0.25) is 0 Å². The Kier molecular flexibility index (Phi) is 5.10. The third kappa shape index (κ3) is 3.96. The van der Waals surface area contributed by atoms with Crippen LogP contribution in [0, 0.1) is 11.8 Å². The second-order valence-electron chi connectivity index (χ2n) is 6.39. The van der Waals surface area contributed by atoms with Gasteiger partial charge in [0.1, 0.15) is 0 Å². The molecule has 2 heteroatoms. The van der Waals surface area contributed by atoms with E-state index < -0.39 is 0 Å². The van der Waals surface area contributed by atoms with Crippen molar-refractivity contribution in [2.75, 3.05) is 6.54 Å². The average molecular weight is 299 g/mol. The summed E-state index contributed by atoms with van der Waals surface area (Å²) in [6.07, 6.45) is 5.59. The topological polar surface area (TPSA) is 12.0 Å². The van der Waals surface area contributed by atoms with Crippen LogP contribution < -0.4 is 5.32 Å². The molecule has 1 atom stereocenters. The van der Waals surface area contributed by atoms with Crippen LogP contribution in [0.3, 0.4) is 0 Å². The molecule has 0 amide bonds. The summed E-state index contributed by atoms with van der Waals surface area (Å²) in [5.41, 5.74) is 1.38. The molecule has 0 radical (unpaired) electrons. The van der Waals surface area contributed by atoms with E-state index in [9.17, 15) is 0 Å². The third-order valence-corrected chi connectivity index (χ3v) is 5.64. The van der Waals surface area contributed by atoms with Gasteiger partial charge in [0.2, 0.25) is 0 Å². The van der Waals surface area contributed by atoms with Gasteiger partial charge >= 0.3 is 0 Å². The molecule has 2 aromatic rings. The van der Waals surface area contributed by atoms with Gasteiger partial charge in [0.05, 0.1) is 6.04 Å². The van der Waals surface area contributed by atoms with E-state index >= 15 is 0 Å². The Bertz CT molecular complexity index is 512. The van der Waals surface area contributed by atoms with Crippen LogP contribution >= 0.6 is 11.3 Å². The summed E-state index contributed by atoms with van der Waals surface area (Å²) in [6.45, 7) is 3.53. The molecule has 112 valence electrons. The molecular formula is C19H25NS. The minimum atomic E-state index is 0.352. The highest BCUT2D eigenvalue weighted by atomic mass is 32.1. The van der Waals surface area contributed by atoms with E-state index in [0.29, 0.717) is 6.04 Å². The maximum Gasteiger partial charge on any atom is 0.0671 e. The highest BCUT2D eigenvalue weighted by Gasteiger charge is 2.20. The van der Waals surface area contributed by atoms with Gasteiger partial charge < -0.3 is 5.32 Å². The van der Waals surface area contributed by atoms with Crippen LogP contribution in [0.1, 0.15) is 49.1 Å². The molecule has 1 aliphatic carbocycles. The van der Waals surface area contributed by atoms with Crippen molar-refractivity contribution >= 4 is 11.3 Å². The Balaban J connectivity index is 1.66. The fourth-order valence-corrected chi connectivity index (χ4v) is 4.13. The first-order valence-electron chi connectivity index (χ1n) is 8.14. The lowest BCUT2D eigenvalue weighted by Gasteiger charge is -2.28. The summed E-state index contributed by atoms with van der Waals surface area (Å²) in [5.74, 6) is 1.79. The second-order valence-corrected chi connectivity index (χ2v) is 7.37. The Labute approximate surface area is 132 Å². The van der Waals surface area contributed by atoms with Crippen LogP contribution in [0.25, 0.3) is 0 Å². The maximum atomic E-state index is 3.83. The molecule has 1 saturated carbocycles. The quantitative estimate of drug-likeness (QED) is 0.794. The third-order valence-electron chi connectivity index (χ3n) is 4.71. The van der Waals surface area contributed by atoms with Crippen molar-refractivity contribution in [2.45, 2.75) is 38.6 Å². The molecule has 1 N–H and O–H groups in total. The molecule has 1 fully saturated rings. The number of hydrogen-bond acceptors (Lipinski definition) is 2. The zero-order chi connectivity index (χ0) is 14.5. The standard InChI is InChI=1S/C19H25NS/c1-15-9-11-16(12-10-15)14-20-19(18-8-5-13-21-18)17-6-3-2-4-7-17/h2-8,13,15-16,19-20H,9-12,14H2,1H3. The van der Waals surface area contributed by atoms with Crippen molar-refractivity contribution in [3.8, 4) is 0 Å². The molecule has 0 bridgehead atoms. The number of rotatable bonds is 5. The highest BCUT2D eigenvalue weighted by molar-refractivity contribution is 7.10. The van der Waals surface area contributed by atoms with Gasteiger partial charge in [-0.15, -0.1) is 11.3 Å². The molecule has 0 aliphatic heterocycles. The highest BCUT2D eigenvalue weighted by Crippen LogP contribution is 2.30. The molecule has 21 heavy (non-hydrogen) atoms. The molecular weight excluding hydrogens is 274 g/mol. The van der Waals surface area contributed by atoms with Crippen LogP contribution in [-0.2, 0) is 0 Å². The Morgan fingerprint density at radius 2 is 1.81 bits per heavy atom. The Hall–Kier alpha value is -1.12. The fraction of sp³-hybridized carbons (Fsp3) is 0.474. The normalized spacial score (nSPS) is 23.9. The first kappa shape index (κ1) is 14.8. The lowest BCUT2D eigenvalue weighted by Crippen LogP contribution is -2.29. The molecule has 0 spiro atoms. The van der Waals surface area contributed by atoms with Gasteiger partial charge in [0.25, 0.3) is 0 Å². The lowest BCUT2D eigenvalue weighted by atomic mass is 9.83. The van der Waals surface area contributed by atoms with Crippen LogP contribution in [-0.4, -0.2) is 6.54 Å². The Morgan fingerprint density at radius 1 is 1.05 bits per heavy atom. The molecule has 0 saturated heterocycles. The summed E-state index contributed by atoms with van der Waals surface area (Å²) < 4.78 is 0. The molecule has 3 rings (SSSR count). The molecule has 1 unspecified atom stereocenters. The minimum absolute atomic E-state index is 0.352. The molecule has 1 aromatic heterocycles. The SMILES string of the molecule is CC1CCC(CNC(c2ccccc2)c2cccs2)CC1. The van der Waals surface area contributed by atoms with Crippen LogP contribution in [0.5, 0.6) is 0 Å². The molecule has 1 aliphatic rings. The van der Waals surface area contributed by atoms with Crippen molar-refractivity contribution in [3.05, 3.63) is 58.3 Å². The second kappa shape index (κ2) is 7.24. The largest absolute Gasteiger partial charge is 0.305 e. The van der Waals surface area contributed by atoms with Gasteiger partial charge in [-0.05, 0) is 48.2 Å². The van der Waals surface area contributed by atoms with E-state index in [-0.39, 0.29) is 0 Å². The first-order valence-corrected chi connectivity index (χ1v) is 9.02. The summed E-state index contributed by atoms with van der Waals surface area (Å²) in [6, 6.07) is 15.6. The van der Waals surface area contributed by atoms with Crippen molar-refractivity contribution < 1.29 is 0 Å². The number of nitrogens with one attached hydrogen (secondary N) is 1. The van der Waals surface area contributed by atoms with Crippen LogP contribution in [0.15, 0.2) is 47.8 Å². The van der Waals surface area contributed by atoms with Crippen molar-refractivity contribution in [3.63, 3.8) is 0 Å². The van der Waals surface area contributed by atoms with Crippen molar-refractivity contribution in [2.24, 2.45) is 11.8 Å². The lowest BCUT2D eigenvalue weighted by molar-refractivity contribution is 0.278. The number of thiophene rings is 1. The van der Waals surface area contributed by atoms with E-state index in [1.807, 2.05) is 11.3 Å². The number of benzene rings is 1. The summed E-state index contributed by atoms with van der Waals surface area (Å²) >= 11 is 1.85. The van der Waals surface area contributed by atoms with E-state index in [1.165, 1.54) is 36.1 Å². The summed E-state index contributed by atoms with van der Waals surface area (Å²) in [7, 11) is 0. The molecule has 1 aromatic carbocycles. The van der Waals surface area contributed by atoms with Crippen LogP contribution in [0.4, 0.5) is 0 Å². The van der Waals surface area contributed by atoms with Gasteiger partial charge in [-0.1, -0.05) is 56.2 Å². The molecule has 1 heterocycles. The van der Waals surface area contributed by atoms with Gasteiger partial charge in [-0.2, -0.15) is 0 Å². The molecule has 1 nitrogen and oxygen atoms in total. The predicted octanol–water partition coefficient (Wildman–Crippen LogP) is 5.25. The fourth-order valence-electron chi connectivity index (χ4n) is 3.30. The minimum Gasteiger partial charge on any atom is -0.305 e. The van der Waals surface area contributed by atoms with Crippen molar-refractivity contribution in [1.29, 1.82) is 0 Å². The summed E-state index contributed by atoms with van der Waals surface area (Å²) in [4.78, 5) is 1.42. The smallest absolute Gasteiger partial charge is 0.0671 e. The Morgan fingerprint density at radius 3 is 2.48 bits per heavy atom. The zero-order valence-electron chi connectivity index (χ0n) is 12.8. The van der Waals surface area contributed by atoms with Gasteiger partial charge in [0.15, 0.2) is 0 Å². The van der Waals surface area contributed by atoms with E-state index in [4.69, 9.17) is 0 Å². The monoisotopic (exact) mass is 299 g/mol. The summed E-state index contributed by atoms with van der Waals surface area (Å²) in [5, 5.41) is 6.01. The predicted molar refractivity (Wildman–Crippen MR) is 91.7 cm³/mol. The zero-order valence-corrected chi connectivity index (χ0v) is 13.6. The maximum absolute atomic E-state index is 3.83. The van der Waals surface area contributed by atoms with E-state index in [1.54, 1.807) is 0 Å². The first-order chi connectivity index (χ1) is 10.3. The average Bonchev–Trinajstić information content (AvgIpc) is 3.05.